The van der Waals surface area contributed by atoms with Gasteiger partial charge in [-0.1, -0.05) is 25.1 Å². The van der Waals surface area contributed by atoms with Gasteiger partial charge in [0.05, 0.1) is 7.11 Å². The molecule has 6 heteroatoms. The summed E-state index contributed by atoms with van der Waals surface area (Å²) in [7, 11) is 1.41. The van der Waals surface area contributed by atoms with Gasteiger partial charge in [-0.2, -0.15) is 0 Å². The molecule has 0 bridgehead atoms. The van der Waals surface area contributed by atoms with Crippen LogP contribution in [-0.2, 0) is 17.8 Å². The zero-order valence-corrected chi connectivity index (χ0v) is 16.5. The van der Waals surface area contributed by atoms with Crippen molar-refractivity contribution in [1.82, 2.24) is 10.6 Å². The molecule has 0 aliphatic carbocycles. The van der Waals surface area contributed by atoms with E-state index < -0.39 is 5.82 Å². The van der Waals surface area contributed by atoms with Crippen LogP contribution in [0.25, 0.3) is 0 Å². The fraction of sp³-hybridized carbons (Fsp3) is 0.364. The lowest BCUT2D eigenvalue weighted by atomic mass is 10.1. The van der Waals surface area contributed by atoms with E-state index in [1.807, 2.05) is 19.9 Å². The van der Waals surface area contributed by atoms with Crippen molar-refractivity contribution < 1.29 is 18.7 Å². The van der Waals surface area contributed by atoms with E-state index in [-0.39, 0.29) is 30.0 Å². The lowest BCUT2D eigenvalue weighted by Crippen LogP contribution is -2.32. The maximum Gasteiger partial charge on any atom is 0.251 e. The van der Waals surface area contributed by atoms with Crippen LogP contribution < -0.4 is 15.4 Å². The van der Waals surface area contributed by atoms with Crippen molar-refractivity contribution in [3.63, 3.8) is 0 Å². The molecule has 0 saturated carbocycles. The van der Waals surface area contributed by atoms with E-state index in [0.29, 0.717) is 18.5 Å². The number of ether oxygens (including phenoxy) is 1. The molecule has 1 atom stereocenters. The number of methoxy groups -OCH3 is 1. The number of rotatable bonds is 9. The minimum atomic E-state index is -0.437. The summed E-state index contributed by atoms with van der Waals surface area (Å²) >= 11 is 0. The molecule has 0 fully saturated rings. The first kappa shape index (κ1) is 21.4. The minimum Gasteiger partial charge on any atom is -0.494 e. The Labute approximate surface area is 165 Å². The van der Waals surface area contributed by atoms with Gasteiger partial charge >= 0.3 is 0 Å². The smallest absolute Gasteiger partial charge is 0.251 e. The molecule has 0 saturated heterocycles. The van der Waals surface area contributed by atoms with E-state index in [9.17, 15) is 14.0 Å². The number of hydrogen-bond donors (Lipinski definition) is 2. The number of halogens is 1. The summed E-state index contributed by atoms with van der Waals surface area (Å²) in [6.45, 7) is 4.30. The van der Waals surface area contributed by atoms with Gasteiger partial charge in [0.25, 0.3) is 5.91 Å². The maximum absolute atomic E-state index is 13.7. The number of amides is 2. The normalized spacial score (nSPS) is 11.6. The zero-order valence-electron chi connectivity index (χ0n) is 16.5. The van der Waals surface area contributed by atoms with Gasteiger partial charge in [-0.25, -0.2) is 4.39 Å². The van der Waals surface area contributed by atoms with E-state index in [2.05, 4.69) is 10.6 Å². The average Bonchev–Trinajstić information content (AvgIpc) is 2.70. The van der Waals surface area contributed by atoms with E-state index in [0.717, 1.165) is 17.5 Å². The molecule has 28 heavy (non-hydrogen) atoms. The number of carbonyl (C=O) groups is 2. The molecule has 2 aromatic carbocycles. The second kappa shape index (κ2) is 10.4. The van der Waals surface area contributed by atoms with Gasteiger partial charge in [-0.15, -0.1) is 0 Å². The van der Waals surface area contributed by atoms with Gasteiger partial charge in [0.15, 0.2) is 11.6 Å². The molecule has 0 heterocycles. The first-order chi connectivity index (χ1) is 13.4. The van der Waals surface area contributed by atoms with Crippen LogP contribution in [0.3, 0.4) is 0 Å². The Bertz CT molecular complexity index is 823. The van der Waals surface area contributed by atoms with Gasteiger partial charge in [0.1, 0.15) is 0 Å². The van der Waals surface area contributed by atoms with Crippen molar-refractivity contribution in [2.45, 2.75) is 45.7 Å². The first-order valence-electron chi connectivity index (χ1n) is 9.41. The third kappa shape index (κ3) is 6.37. The van der Waals surface area contributed by atoms with Crippen LogP contribution in [0, 0.1) is 5.82 Å². The molecule has 1 unspecified atom stereocenters. The van der Waals surface area contributed by atoms with Crippen LogP contribution in [0.5, 0.6) is 5.75 Å². The summed E-state index contributed by atoms with van der Waals surface area (Å²) in [6, 6.07) is 12.0. The van der Waals surface area contributed by atoms with Crippen LogP contribution in [-0.4, -0.2) is 25.0 Å². The van der Waals surface area contributed by atoms with Gasteiger partial charge in [-0.05, 0) is 55.2 Å². The second-order valence-electron chi connectivity index (χ2n) is 6.73. The number of aryl methyl sites for hydroxylation is 1. The van der Waals surface area contributed by atoms with Crippen molar-refractivity contribution in [3.05, 3.63) is 65.0 Å². The monoisotopic (exact) mass is 386 g/mol. The molecule has 2 aromatic rings. The molecule has 0 aromatic heterocycles. The lowest BCUT2D eigenvalue weighted by Gasteiger charge is -2.12. The predicted octanol–water partition coefficient (Wildman–Crippen LogP) is 3.61. The molecule has 2 rings (SSSR count). The van der Waals surface area contributed by atoms with E-state index in [1.165, 1.54) is 13.2 Å². The first-order valence-corrected chi connectivity index (χ1v) is 9.41. The molecule has 5 nitrogen and oxygen atoms in total. The van der Waals surface area contributed by atoms with Crippen LogP contribution >= 0.6 is 0 Å². The topological polar surface area (TPSA) is 67.4 Å². The quantitative estimate of drug-likeness (QED) is 0.692. The highest BCUT2D eigenvalue weighted by Crippen LogP contribution is 2.18. The van der Waals surface area contributed by atoms with Crippen LogP contribution in [0.1, 0.15) is 48.2 Å². The standard InChI is InChI=1S/C22H27FN2O3/c1-4-15(2)25-22(27)18-7-5-6-17(12-18)14-24-21(26)11-9-16-8-10-20(28-3)19(23)13-16/h5-8,10,12-13,15H,4,9,11,14H2,1-3H3,(H,24,26)(H,25,27). The molecule has 2 N–H and O–H groups in total. The van der Waals surface area contributed by atoms with Crippen molar-refractivity contribution in [2.24, 2.45) is 0 Å². The van der Waals surface area contributed by atoms with Crippen LogP contribution in [0.15, 0.2) is 42.5 Å². The highest BCUT2D eigenvalue weighted by atomic mass is 19.1. The minimum absolute atomic E-state index is 0.110. The Balaban J connectivity index is 1.85. The lowest BCUT2D eigenvalue weighted by molar-refractivity contribution is -0.121. The summed E-state index contributed by atoms with van der Waals surface area (Å²) in [5.74, 6) is -0.506. The SMILES string of the molecule is CCC(C)NC(=O)c1cccc(CNC(=O)CCc2ccc(OC)c(F)c2)c1. The predicted molar refractivity (Wildman–Crippen MR) is 107 cm³/mol. The third-order valence-corrected chi connectivity index (χ3v) is 4.53. The van der Waals surface area contributed by atoms with Gasteiger partial charge in [0.2, 0.25) is 5.91 Å². The molecule has 0 spiro atoms. The Morgan fingerprint density at radius 2 is 1.93 bits per heavy atom. The summed E-state index contributed by atoms with van der Waals surface area (Å²) in [4.78, 5) is 24.3. The highest BCUT2D eigenvalue weighted by molar-refractivity contribution is 5.94. The second-order valence-corrected chi connectivity index (χ2v) is 6.73. The average molecular weight is 386 g/mol. The summed E-state index contributed by atoms with van der Waals surface area (Å²) in [6.07, 6.45) is 1.55. The zero-order chi connectivity index (χ0) is 20.5. The Morgan fingerprint density at radius 1 is 1.14 bits per heavy atom. The molecule has 150 valence electrons. The molecular weight excluding hydrogens is 359 g/mol. The fourth-order valence-corrected chi connectivity index (χ4v) is 2.64. The van der Waals surface area contributed by atoms with Crippen molar-refractivity contribution in [2.75, 3.05) is 7.11 Å². The molecule has 0 radical (unpaired) electrons. The van der Waals surface area contributed by atoms with Crippen LogP contribution in [0.2, 0.25) is 0 Å². The summed E-state index contributed by atoms with van der Waals surface area (Å²) in [5.41, 5.74) is 2.15. The number of hydrogen-bond acceptors (Lipinski definition) is 3. The number of nitrogens with one attached hydrogen (secondary N) is 2. The van der Waals surface area contributed by atoms with Crippen LogP contribution in [0.4, 0.5) is 4.39 Å². The number of benzene rings is 2. The Kier molecular flexibility index (Phi) is 7.99. The van der Waals surface area contributed by atoms with E-state index >= 15 is 0 Å². The Morgan fingerprint density at radius 3 is 2.61 bits per heavy atom. The summed E-state index contributed by atoms with van der Waals surface area (Å²) in [5, 5.41) is 5.76. The molecule has 2 amide bonds. The molecule has 0 aliphatic rings. The van der Waals surface area contributed by atoms with Crippen molar-refractivity contribution in [1.29, 1.82) is 0 Å². The van der Waals surface area contributed by atoms with E-state index in [4.69, 9.17) is 4.74 Å². The highest BCUT2D eigenvalue weighted by Gasteiger charge is 2.10. The Hall–Kier alpha value is -2.89. The third-order valence-electron chi connectivity index (χ3n) is 4.53. The van der Waals surface area contributed by atoms with Gasteiger partial charge in [-0.3, -0.25) is 9.59 Å². The van der Waals surface area contributed by atoms with Gasteiger partial charge < -0.3 is 15.4 Å². The largest absolute Gasteiger partial charge is 0.494 e. The number of carbonyl (C=O) groups excluding carboxylic acids is 2. The summed E-state index contributed by atoms with van der Waals surface area (Å²) < 4.78 is 18.6. The van der Waals surface area contributed by atoms with Gasteiger partial charge in [0, 0.05) is 24.6 Å². The molecule has 0 aliphatic heterocycles. The fourth-order valence-electron chi connectivity index (χ4n) is 2.64. The van der Waals surface area contributed by atoms with Crippen molar-refractivity contribution in [3.8, 4) is 5.75 Å². The molecular formula is C22H27FN2O3. The van der Waals surface area contributed by atoms with E-state index in [1.54, 1.807) is 30.3 Å². The van der Waals surface area contributed by atoms with Crippen molar-refractivity contribution >= 4 is 11.8 Å². The maximum atomic E-state index is 13.7.